The van der Waals surface area contributed by atoms with Crippen LogP contribution in [-0.2, 0) is 9.59 Å². The van der Waals surface area contributed by atoms with Crippen LogP contribution in [0, 0.1) is 0 Å². The van der Waals surface area contributed by atoms with Crippen molar-refractivity contribution in [2.75, 3.05) is 45.3 Å². The summed E-state index contributed by atoms with van der Waals surface area (Å²) in [5.41, 5.74) is 0.406. The average Bonchev–Trinajstić information content (AvgIpc) is 2.70. The number of hydrogen-bond donors (Lipinski definition) is 1. The van der Waals surface area contributed by atoms with E-state index in [-0.39, 0.29) is 17.7 Å². The van der Waals surface area contributed by atoms with Crippen LogP contribution in [0.5, 0.6) is 5.75 Å². The Morgan fingerprint density at radius 3 is 2.37 bits per heavy atom. The third-order valence-corrected chi connectivity index (χ3v) is 5.25. The first-order valence-corrected chi connectivity index (χ1v) is 10.3. The quantitative estimate of drug-likeness (QED) is 0.754. The van der Waals surface area contributed by atoms with E-state index in [1.54, 1.807) is 45.8 Å². The van der Waals surface area contributed by atoms with E-state index in [1.807, 2.05) is 6.26 Å². The lowest BCUT2D eigenvalue weighted by atomic mass is 10.1. The molecule has 2 rings (SSSR count). The molecule has 1 atom stereocenters. The van der Waals surface area contributed by atoms with Crippen LogP contribution < -0.4 is 10.1 Å². The van der Waals surface area contributed by atoms with E-state index in [1.165, 1.54) is 14.0 Å². The molecule has 0 bridgehead atoms. The summed E-state index contributed by atoms with van der Waals surface area (Å²) in [5, 5.41) is 2.87. The molecule has 8 heteroatoms. The SMILES string of the molecule is COc1ccccc1C(=O)N[C@@H](CCSC)C(=O)N1CCN(C(C)=O)CC1. The van der Waals surface area contributed by atoms with Crippen molar-refractivity contribution in [1.82, 2.24) is 15.1 Å². The lowest BCUT2D eigenvalue weighted by molar-refractivity contribution is -0.139. The van der Waals surface area contributed by atoms with E-state index in [4.69, 9.17) is 4.74 Å². The van der Waals surface area contributed by atoms with Crippen molar-refractivity contribution in [3.63, 3.8) is 0 Å². The number of hydrogen-bond acceptors (Lipinski definition) is 5. The lowest BCUT2D eigenvalue weighted by Crippen LogP contribution is -2.55. The highest BCUT2D eigenvalue weighted by Gasteiger charge is 2.29. The molecule has 148 valence electrons. The number of carbonyl (C=O) groups is 3. The molecule has 0 saturated carbocycles. The van der Waals surface area contributed by atoms with Gasteiger partial charge in [-0.15, -0.1) is 0 Å². The van der Waals surface area contributed by atoms with E-state index in [2.05, 4.69) is 5.32 Å². The summed E-state index contributed by atoms with van der Waals surface area (Å²) in [4.78, 5) is 40.6. The normalized spacial score (nSPS) is 15.2. The Balaban J connectivity index is 2.07. The van der Waals surface area contributed by atoms with Gasteiger partial charge in [-0.05, 0) is 30.6 Å². The maximum Gasteiger partial charge on any atom is 0.255 e. The predicted molar refractivity (Wildman–Crippen MR) is 106 cm³/mol. The van der Waals surface area contributed by atoms with Gasteiger partial charge in [-0.1, -0.05) is 12.1 Å². The first-order valence-electron chi connectivity index (χ1n) is 8.95. The number of nitrogens with one attached hydrogen (secondary N) is 1. The second-order valence-electron chi connectivity index (χ2n) is 6.34. The van der Waals surface area contributed by atoms with Crippen molar-refractivity contribution in [1.29, 1.82) is 0 Å². The molecule has 0 radical (unpaired) electrons. The molecule has 0 aromatic heterocycles. The van der Waals surface area contributed by atoms with Gasteiger partial charge in [0.25, 0.3) is 5.91 Å². The minimum atomic E-state index is -0.598. The van der Waals surface area contributed by atoms with Crippen molar-refractivity contribution in [3.05, 3.63) is 29.8 Å². The molecule has 0 aliphatic carbocycles. The van der Waals surface area contributed by atoms with Gasteiger partial charge >= 0.3 is 0 Å². The second-order valence-corrected chi connectivity index (χ2v) is 7.32. The fourth-order valence-electron chi connectivity index (χ4n) is 3.02. The molecule has 0 unspecified atom stereocenters. The van der Waals surface area contributed by atoms with Gasteiger partial charge in [0.1, 0.15) is 11.8 Å². The van der Waals surface area contributed by atoms with E-state index in [9.17, 15) is 14.4 Å². The van der Waals surface area contributed by atoms with Gasteiger partial charge in [-0.3, -0.25) is 14.4 Å². The van der Waals surface area contributed by atoms with Gasteiger partial charge in [0, 0.05) is 33.1 Å². The summed E-state index contributed by atoms with van der Waals surface area (Å²) in [6.45, 7) is 3.55. The fourth-order valence-corrected chi connectivity index (χ4v) is 3.49. The predicted octanol–water partition coefficient (Wildman–Crippen LogP) is 1.24. The number of amides is 3. The van der Waals surface area contributed by atoms with Crippen LogP contribution in [0.4, 0.5) is 0 Å². The molecule has 1 fully saturated rings. The van der Waals surface area contributed by atoms with Crippen molar-refractivity contribution < 1.29 is 19.1 Å². The molecule has 1 saturated heterocycles. The fraction of sp³-hybridized carbons (Fsp3) is 0.526. The number of ether oxygens (including phenoxy) is 1. The number of benzene rings is 1. The average molecular weight is 394 g/mol. The number of piperazine rings is 1. The minimum absolute atomic E-state index is 0.0190. The number of methoxy groups -OCH3 is 1. The van der Waals surface area contributed by atoms with Crippen LogP contribution in [0.3, 0.4) is 0 Å². The Kier molecular flexibility index (Phi) is 7.97. The Labute approximate surface area is 164 Å². The first-order chi connectivity index (χ1) is 13.0. The van der Waals surface area contributed by atoms with Crippen molar-refractivity contribution in [2.45, 2.75) is 19.4 Å². The first kappa shape index (κ1) is 21.1. The molecule has 1 N–H and O–H groups in total. The number of para-hydroxylation sites is 1. The Bertz CT molecular complexity index is 675. The topological polar surface area (TPSA) is 79.0 Å². The van der Waals surface area contributed by atoms with Crippen molar-refractivity contribution >= 4 is 29.5 Å². The second kappa shape index (κ2) is 10.2. The van der Waals surface area contributed by atoms with Gasteiger partial charge in [0.15, 0.2) is 0 Å². The van der Waals surface area contributed by atoms with Gasteiger partial charge in [-0.25, -0.2) is 0 Å². The van der Waals surface area contributed by atoms with Gasteiger partial charge in [0.05, 0.1) is 12.7 Å². The monoisotopic (exact) mass is 393 g/mol. The van der Waals surface area contributed by atoms with Crippen LogP contribution in [0.25, 0.3) is 0 Å². The van der Waals surface area contributed by atoms with Crippen LogP contribution in [0.2, 0.25) is 0 Å². The van der Waals surface area contributed by atoms with Gasteiger partial charge in [0.2, 0.25) is 11.8 Å². The van der Waals surface area contributed by atoms with Crippen LogP contribution in [0.1, 0.15) is 23.7 Å². The van der Waals surface area contributed by atoms with E-state index in [0.717, 1.165) is 5.75 Å². The van der Waals surface area contributed by atoms with E-state index < -0.39 is 6.04 Å². The molecule has 3 amide bonds. The summed E-state index contributed by atoms with van der Waals surface area (Å²) >= 11 is 1.63. The van der Waals surface area contributed by atoms with Gasteiger partial charge < -0.3 is 19.9 Å². The van der Waals surface area contributed by atoms with Crippen LogP contribution in [-0.4, -0.2) is 78.9 Å². The highest BCUT2D eigenvalue weighted by atomic mass is 32.2. The maximum absolute atomic E-state index is 13.0. The smallest absolute Gasteiger partial charge is 0.255 e. The molecule has 1 aliphatic rings. The summed E-state index contributed by atoms with van der Waals surface area (Å²) in [6, 6.07) is 6.35. The highest BCUT2D eigenvalue weighted by Crippen LogP contribution is 2.18. The largest absolute Gasteiger partial charge is 0.496 e. The molecule has 1 aromatic rings. The third kappa shape index (κ3) is 5.63. The molecule has 1 aliphatic heterocycles. The zero-order chi connectivity index (χ0) is 19.8. The maximum atomic E-state index is 13.0. The molecule has 7 nitrogen and oxygen atoms in total. The molecule has 1 heterocycles. The zero-order valence-electron chi connectivity index (χ0n) is 16.1. The minimum Gasteiger partial charge on any atom is -0.496 e. The molecular weight excluding hydrogens is 366 g/mol. The standard InChI is InChI=1S/C19H27N3O4S/c1-14(23)21-9-11-22(12-10-21)19(25)16(8-13-27-3)20-18(24)15-6-4-5-7-17(15)26-2/h4-7,16H,8-13H2,1-3H3,(H,20,24)/t16-/m0/s1. The molecule has 1 aromatic carbocycles. The van der Waals surface area contributed by atoms with Crippen LogP contribution in [0.15, 0.2) is 24.3 Å². The number of rotatable bonds is 7. The Hall–Kier alpha value is -2.22. The summed E-state index contributed by atoms with van der Waals surface area (Å²) < 4.78 is 5.24. The molecule has 0 spiro atoms. The van der Waals surface area contributed by atoms with Crippen LogP contribution >= 0.6 is 11.8 Å². The highest BCUT2D eigenvalue weighted by molar-refractivity contribution is 7.98. The molecular formula is C19H27N3O4S. The van der Waals surface area contributed by atoms with E-state index >= 15 is 0 Å². The third-order valence-electron chi connectivity index (χ3n) is 4.60. The summed E-state index contributed by atoms with van der Waals surface area (Å²) in [7, 11) is 1.51. The number of thioether (sulfide) groups is 1. The van der Waals surface area contributed by atoms with Crippen molar-refractivity contribution in [3.8, 4) is 5.75 Å². The zero-order valence-corrected chi connectivity index (χ0v) is 16.9. The van der Waals surface area contributed by atoms with Crippen molar-refractivity contribution in [2.24, 2.45) is 0 Å². The summed E-state index contributed by atoms with van der Waals surface area (Å²) in [6.07, 6.45) is 2.52. The Morgan fingerprint density at radius 1 is 1.15 bits per heavy atom. The number of carbonyl (C=O) groups excluding carboxylic acids is 3. The molecule has 27 heavy (non-hydrogen) atoms. The van der Waals surface area contributed by atoms with E-state index in [0.29, 0.717) is 43.9 Å². The lowest BCUT2D eigenvalue weighted by Gasteiger charge is -2.36. The Morgan fingerprint density at radius 2 is 1.78 bits per heavy atom. The summed E-state index contributed by atoms with van der Waals surface area (Å²) in [5.74, 6) is 0.826. The van der Waals surface area contributed by atoms with Gasteiger partial charge in [-0.2, -0.15) is 11.8 Å². The number of nitrogens with zero attached hydrogens (tertiary/aromatic N) is 2.